The average molecular weight is 315 g/mol. The highest BCUT2D eigenvalue weighted by atomic mass is 32.2. The lowest BCUT2D eigenvalue weighted by Gasteiger charge is -2.34. The Kier molecular flexibility index (Phi) is 6.31. The molecule has 120 valence electrons. The summed E-state index contributed by atoms with van der Waals surface area (Å²) in [5.41, 5.74) is 0. The third-order valence-electron chi connectivity index (χ3n) is 4.05. The van der Waals surface area contributed by atoms with Gasteiger partial charge >= 0.3 is 6.18 Å². The third-order valence-corrected chi connectivity index (χ3v) is 5.69. The van der Waals surface area contributed by atoms with Crippen LogP contribution in [0.3, 0.4) is 0 Å². The molecule has 1 N–H and O–H groups in total. The molecule has 0 amide bonds. The van der Waals surface area contributed by atoms with Crippen LogP contribution in [0, 0.1) is 5.92 Å². The number of hydrogen-bond donors (Lipinski definition) is 1. The van der Waals surface area contributed by atoms with Gasteiger partial charge in [0.15, 0.2) is 0 Å². The van der Waals surface area contributed by atoms with Crippen LogP contribution in [0.1, 0.15) is 45.4 Å². The van der Waals surface area contributed by atoms with Gasteiger partial charge in [0.05, 0.1) is 5.25 Å². The van der Waals surface area contributed by atoms with E-state index in [2.05, 4.69) is 5.32 Å². The zero-order valence-corrected chi connectivity index (χ0v) is 12.9. The molecule has 0 spiro atoms. The molecule has 1 fully saturated rings. The van der Waals surface area contributed by atoms with Gasteiger partial charge in [-0.3, -0.25) is 0 Å². The van der Waals surface area contributed by atoms with Gasteiger partial charge in [0, 0.05) is 18.7 Å². The Hall–Kier alpha value is -0.300. The Balaban J connectivity index is 2.66. The first kappa shape index (κ1) is 17.8. The van der Waals surface area contributed by atoms with Gasteiger partial charge in [-0.15, -0.1) is 0 Å². The highest BCUT2D eigenvalue weighted by molar-refractivity contribution is 7.91. The molecule has 0 aromatic carbocycles. The molecular weight excluding hydrogens is 291 g/mol. The molecular formula is C13H24F3NO2S. The minimum atomic E-state index is -4.15. The molecule has 7 heteroatoms. The molecule has 0 heterocycles. The highest BCUT2D eigenvalue weighted by Crippen LogP contribution is 2.33. The molecule has 0 saturated heterocycles. The average Bonchev–Trinajstić information content (AvgIpc) is 2.32. The molecule has 0 radical (unpaired) electrons. The van der Waals surface area contributed by atoms with Crippen LogP contribution in [0.5, 0.6) is 0 Å². The first-order valence-electron chi connectivity index (χ1n) is 7.12. The molecule has 1 aliphatic rings. The monoisotopic (exact) mass is 315 g/mol. The SMILES string of the molecule is CCNC(CCC(F)(F)F)C1CCCC(S(C)(=O)=O)C1. The summed E-state index contributed by atoms with van der Waals surface area (Å²) in [7, 11) is -3.10. The van der Waals surface area contributed by atoms with E-state index >= 15 is 0 Å². The van der Waals surface area contributed by atoms with Crippen molar-refractivity contribution in [3.8, 4) is 0 Å². The number of alkyl halides is 3. The van der Waals surface area contributed by atoms with Crippen molar-refractivity contribution in [1.29, 1.82) is 0 Å². The van der Waals surface area contributed by atoms with Crippen LogP contribution < -0.4 is 5.32 Å². The van der Waals surface area contributed by atoms with Crippen molar-refractivity contribution in [2.45, 2.75) is 62.9 Å². The summed E-state index contributed by atoms with van der Waals surface area (Å²) in [6.07, 6.45) is -1.03. The van der Waals surface area contributed by atoms with Gasteiger partial charge in [-0.05, 0) is 38.1 Å². The molecule has 0 bridgehead atoms. The van der Waals surface area contributed by atoms with Gasteiger partial charge in [0.2, 0.25) is 0 Å². The summed E-state index contributed by atoms with van der Waals surface area (Å²) in [5.74, 6) is 0.0192. The summed E-state index contributed by atoms with van der Waals surface area (Å²) < 4.78 is 60.4. The van der Waals surface area contributed by atoms with Crippen LogP contribution >= 0.6 is 0 Å². The Bertz CT molecular complexity index is 395. The molecule has 20 heavy (non-hydrogen) atoms. The normalized spacial score (nSPS) is 26.4. The summed E-state index contributed by atoms with van der Waals surface area (Å²) >= 11 is 0. The van der Waals surface area contributed by atoms with E-state index in [0.717, 1.165) is 12.8 Å². The molecule has 3 nitrogen and oxygen atoms in total. The molecule has 0 aromatic heterocycles. The van der Waals surface area contributed by atoms with E-state index in [9.17, 15) is 21.6 Å². The van der Waals surface area contributed by atoms with Crippen molar-refractivity contribution in [2.75, 3.05) is 12.8 Å². The Labute approximate surface area is 119 Å². The smallest absolute Gasteiger partial charge is 0.314 e. The van der Waals surface area contributed by atoms with Crippen LogP contribution in [0.4, 0.5) is 13.2 Å². The molecule has 3 atom stereocenters. The Morgan fingerprint density at radius 1 is 1.30 bits per heavy atom. The largest absolute Gasteiger partial charge is 0.389 e. The molecule has 0 aliphatic heterocycles. The van der Waals surface area contributed by atoms with E-state index in [0.29, 0.717) is 19.4 Å². The van der Waals surface area contributed by atoms with Gasteiger partial charge in [-0.1, -0.05) is 13.3 Å². The lowest BCUT2D eigenvalue weighted by molar-refractivity contribution is -0.137. The fraction of sp³-hybridized carbons (Fsp3) is 1.00. The minimum absolute atomic E-state index is 0.0192. The van der Waals surface area contributed by atoms with E-state index in [4.69, 9.17) is 0 Å². The highest BCUT2D eigenvalue weighted by Gasteiger charge is 2.35. The standard InChI is InChI=1S/C13H24F3NO2S/c1-3-17-12(7-8-13(14,15)16)10-5-4-6-11(9-10)20(2,18)19/h10-12,17H,3-9H2,1-2H3. The van der Waals surface area contributed by atoms with Crippen LogP contribution in [0.15, 0.2) is 0 Å². The summed E-state index contributed by atoms with van der Waals surface area (Å²) in [5, 5.41) is 2.71. The second-order valence-electron chi connectivity index (χ2n) is 5.70. The van der Waals surface area contributed by atoms with Crippen molar-refractivity contribution in [2.24, 2.45) is 5.92 Å². The second kappa shape index (κ2) is 7.11. The van der Waals surface area contributed by atoms with Gasteiger partial charge in [0.25, 0.3) is 0 Å². The molecule has 1 saturated carbocycles. The number of halogens is 3. The number of rotatable bonds is 6. The van der Waals surface area contributed by atoms with E-state index in [1.54, 1.807) is 0 Å². The van der Waals surface area contributed by atoms with Crippen LogP contribution in [0.25, 0.3) is 0 Å². The molecule has 0 aromatic rings. The lowest BCUT2D eigenvalue weighted by Crippen LogP contribution is -2.41. The van der Waals surface area contributed by atoms with Crippen molar-refractivity contribution in [3.05, 3.63) is 0 Å². The van der Waals surface area contributed by atoms with Crippen LogP contribution in [-0.4, -0.2) is 38.7 Å². The molecule has 1 aliphatic carbocycles. The van der Waals surface area contributed by atoms with Crippen LogP contribution in [-0.2, 0) is 9.84 Å². The lowest BCUT2D eigenvalue weighted by atomic mass is 9.82. The van der Waals surface area contributed by atoms with Gasteiger partial charge in [0.1, 0.15) is 9.84 Å². The quantitative estimate of drug-likeness (QED) is 0.820. The fourth-order valence-corrected chi connectivity index (χ4v) is 4.21. The predicted molar refractivity (Wildman–Crippen MR) is 73.3 cm³/mol. The van der Waals surface area contributed by atoms with E-state index in [1.165, 1.54) is 6.26 Å². The summed E-state index contributed by atoms with van der Waals surface area (Å²) in [6.45, 7) is 2.46. The predicted octanol–water partition coefficient (Wildman–Crippen LogP) is 2.91. The maximum Gasteiger partial charge on any atom is 0.389 e. The van der Waals surface area contributed by atoms with Crippen molar-refractivity contribution < 1.29 is 21.6 Å². The van der Waals surface area contributed by atoms with Gasteiger partial charge in [-0.2, -0.15) is 13.2 Å². The fourth-order valence-electron chi connectivity index (χ4n) is 3.02. The number of hydrogen-bond acceptors (Lipinski definition) is 3. The van der Waals surface area contributed by atoms with Gasteiger partial charge < -0.3 is 5.32 Å². The van der Waals surface area contributed by atoms with Crippen molar-refractivity contribution >= 4 is 9.84 Å². The van der Waals surface area contributed by atoms with E-state index in [1.807, 2.05) is 6.92 Å². The Morgan fingerprint density at radius 3 is 2.45 bits per heavy atom. The summed E-state index contributed by atoms with van der Waals surface area (Å²) in [4.78, 5) is 0. The minimum Gasteiger partial charge on any atom is -0.314 e. The van der Waals surface area contributed by atoms with E-state index in [-0.39, 0.29) is 18.4 Å². The van der Waals surface area contributed by atoms with Crippen LogP contribution in [0.2, 0.25) is 0 Å². The first-order chi connectivity index (χ1) is 9.13. The second-order valence-corrected chi connectivity index (χ2v) is 8.02. The number of sulfone groups is 1. The van der Waals surface area contributed by atoms with Gasteiger partial charge in [-0.25, -0.2) is 8.42 Å². The van der Waals surface area contributed by atoms with E-state index < -0.39 is 27.7 Å². The maximum absolute atomic E-state index is 12.4. The van der Waals surface area contributed by atoms with Crippen molar-refractivity contribution in [3.63, 3.8) is 0 Å². The molecule has 3 unspecified atom stereocenters. The van der Waals surface area contributed by atoms with Crippen molar-refractivity contribution in [1.82, 2.24) is 5.32 Å². The third kappa shape index (κ3) is 5.99. The first-order valence-corrected chi connectivity index (χ1v) is 9.08. The Morgan fingerprint density at radius 2 is 1.95 bits per heavy atom. The summed E-state index contributed by atoms with van der Waals surface area (Å²) in [6, 6.07) is -0.244. The number of nitrogens with one attached hydrogen (secondary N) is 1. The zero-order chi connectivity index (χ0) is 15.4. The molecule has 1 rings (SSSR count). The maximum atomic E-state index is 12.4. The topological polar surface area (TPSA) is 46.2 Å². The zero-order valence-electron chi connectivity index (χ0n) is 12.0.